The second kappa shape index (κ2) is 5.80. The lowest BCUT2D eigenvalue weighted by atomic mass is 10.2. The van der Waals surface area contributed by atoms with Crippen LogP contribution in [0.25, 0.3) is 0 Å². The van der Waals surface area contributed by atoms with Gasteiger partial charge < -0.3 is 11.5 Å². The number of amidine groups is 1. The SMILES string of the molecule is [2H]c1c([2H])c([2H])c(C([2H])C([2H])N=C(N)N=C(C)N)c([2H])c1[2H]. The molecule has 0 radical (unpaired) electrons. The Hall–Kier alpha value is -1.84. The van der Waals surface area contributed by atoms with E-state index in [-0.39, 0.29) is 17.4 Å². The van der Waals surface area contributed by atoms with Crippen LogP contribution in [-0.4, -0.2) is 18.3 Å². The van der Waals surface area contributed by atoms with Gasteiger partial charge in [0.1, 0.15) is 0 Å². The molecule has 2 atom stereocenters. The quantitative estimate of drug-likeness (QED) is 0.576. The first kappa shape index (κ1) is 4.79. The van der Waals surface area contributed by atoms with Crippen LogP contribution >= 0.6 is 0 Å². The third kappa shape index (κ3) is 4.81. The standard InChI is InChI=1S/C11H16N4/c1-9(12)15-11(13)14-8-7-10-5-3-2-4-6-10/h2-6H,7-8H2,1H3,(H4,12,13,14,15)/i2D,3D,4D,5D,6D,7D,8D. The number of rotatable bonds is 3. The maximum Gasteiger partial charge on any atom is 0.216 e. The van der Waals surface area contributed by atoms with Crippen molar-refractivity contribution in [1.82, 2.24) is 0 Å². The monoisotopic (exact) mass is 211 g/mol. The zero-order valence-electron chi connectivity index (χ0n) is 15.2. The number of nitrogens with two attached hydrogens (primary N) is 2. The first-order chi connectivity index (χ1) is 10.1. The van der Waals surface area contributed by atoms with E-state index in [0.717, 1.165) is 0 Å². The van der Waals surface area contributed by atoms with Crippen LogP contribution in [0, 0.1) is 0 Å². The third-order valence-corrected chi connectivity index (χ3v) is 1.26. The second-order valence-electron chi connectivity index (χ2n) is 2.59. The van der Waals surface area contributed by atoms with Gasteiger partial charge in [-0.2, -0.15) is 0 Å². The normalized spacial score (nSPS) is 23.7. The largest absolute Gasteiger partial charge is 0.387 e. The van der Waals surface area contributed by atoms with Crippen molar-refractivity contribution in [3.8, 4) is 0 Å². The predicted molar refractivity (Wildman–Crippen MR) is 63.9 cm³/mol. The molecule has 0 saturated heterocycles. The highest BCUT2D eigenvalue weighted by molar-refractivity contribution is 5.93. The lowest BCUT2D eigenvalue weighted by molar-refractivity contribution is 0.962. The number of hydrogen-bond acceptors (Lipinski definition) is 1. The summed E-state index contributed by atoms with van der Waals surface area (Å²) in [4.78, 5) is 7.24. The fourth-order valence-corrected chi connectivity index (χ4v) is 0.741. The van der Waals surface area contributed by atoms with Gasteiger partial charge in [0.15, 0.2) is 0 Å². The zero-order chi connectivity index (χ0) is 17.2. The summed E-state index contributed by atoms with van der Waals surface area (Å²) >= 11 is 0. The highest BCUT2D eigenvalue weighted by Gasteiger charge is 1.91. The van der Waals surface area contributed by atoms with Crippen LogP contribution in [-0.2, 0) is 6.40 Å². The third-order valence-electron chi connectivity index (χ3n) is 1.26. The van der Waals surface area contributed by atoms with Crippen molar-refractivity contribution in [2.45, 2.75) is 13.3 Å². The molecule has 0 spiro atoms. The molecular weight excluding hydrogens is 188 g/mol. The van der Waals surface area contributed by atoms with Crippen molar-refractivity contribution in [2.75, 3.05) is 6.52 Å². The minimum atomic E-state index is -1.51. The van der Waals surface area contributed by atoms with E-state index >= 15 is 0 Å². The Morgan fingerprint density at radius 1 is 1.40 bits per heavy atom. The Morgan fingerprint density at radius 3 is 2.67 bits per heavy atom. The molecule has 0 bridgehead atoms. The minimum Gasteiger partial charge on any atom is -0.387 e. The summed E-state index contributed by atoms with van der Waals surface area (Å²) in [5.74, 6) is -0.192. The Balaban J connectivity index is 3.30. The van der Waals surface area contributed by atoms with Gasteiger partial charge in [-0.3, -0.25) is 4.99 Å². The minimum absolute atomic E-state index is 0.123. The van der Waals surface area contributed by atoms with E-state index in [1.165, 1.54) is 6.92 Å². The van der Waals surface area contributed by atoms with E-state index in [0.29, 0.717) is 0 Å². The Kier molecular flexibility index (Phi) is 1.85. The summed E-state index contributed by atoms with van der Waals surface area (Å²) in [6, 6.07) is -2.74. The average Bonchev–Trinajstić information content (AvgIpc) is 2.42. The molecule has 15 heavy (non-hydrogen) atoms. The van der Waals surface area contributed by atoms with Crippen LogP contribution in [0.1, 0.15) is 22.1 Å². The van der Waals surface area contributed by atoms with E-state index in [2.05, 4.69) is 9.98 Å². The van der Waals surface area contributed by atoms with E-state index in [9.17, 15) is 0 Å². The molecule has 0 aliphatic carbocycles. The number of aliphatic imine (C=N–C) groups is 2. The van der Waals surface area contributed by atoms with Gasteiger partial charge in [-0.25, -0.2) is 4.99 Å². The van der Waals surface area contributed by atoms with Gasteiger partial charge in [0.05, 0.1) is 14.1 Å². The summed E-state index contributed by atoms with van der Waals surface area (Å²) in [5.41, 5.74) is 10.4. The predicted octanol–water partition coefficient (Wildman–Crippen LogP) is 0.921. The van der Waals surface area contributed by atoms with Crippen molar-refractivity contribution in [3.63, 3.8) is 0 Å². The van der Waals surface area contributed by atoms with Crippen molar-refractivity contribution in [2.24, 2.45) is 21.5 Å². The Bertz CT molecular complexity index is 611. The molecule has 0 saturated carbocycles. The number of benzene rings is 1. The molecule has 0 amide bonds. The lowest BCUT2D eigenvalue weighted by Crippen LogP contribution is -2.16. The number of guanidine groups is 1. The molecule has 4 heteroatoms. The molecule has 0 fully saturated rings. The molecule has 4 N–H and O–H groups in total. The molecule has 0 heterocycles. The second-order valence-corrected chi connectivity index (χ2v) is 2.59. The van der Waals surface area contributed by atoms with Crippen molar-refractivity contribution >= 4 is 11.8 Å². The maximum absolute atomic E-state index is 7.94. The van der Waals surface area contributed by atoms with Gasteiger partial charge in [0.25, 0.3) is 0 Å². The molecule has 1 aromatic carbocycles. The smallest absolute Gasteiger partial charge is 0.216 e. The van der Waals surface area contributed by atoms with Crippen molar-refractivity contribution in [3.05, 3.63) is 35.8 Å². The topological polar surface area (TPSA) is 76.8 Å². The number of nitrogens with zero attached hydrogens (tertiary/aromatic N) is 2. The average molecular weight is 211 g/mol. The fraction of sp³-hybridized carbons (Fsp3) is 0.273. The van der Waals surface area contributed by atoms with Crippen LogP contribution in [0.5, 0.6) is 0 Å². The molecule has 0 aliphatic heterocycles. The molecular formula is C11H16N4. The zero-order valence-corrected chi connectivity index (χ0v) is 8.20. The van der Waals surface area contributed by atoms with Crippen molar-refractivity contribution in [1.29, 1.82) is 0 Å². The van der Waals surface area contributed by atoms with E-state index in [4.69, 9.17) is 21.1 Å². The van der Waals surface area contributed by atoms with E-state index in [1.807, 2.05) is 0 Å². The van der Waals surface area contributed by atoms with Crippen LogP contribution in [0.3, 0.4) is 0 Å². The summed E-state index contributed by atoms with van der Waals surface area (Å²) in [7, 11) is 0. The summed E-state index contributed by atoms with van der Waals surface area (Å²) < 4.78 is 53.8. The van der Waals surface area contributed by atoms with Gasteiger partial charge >= 0.3 is 0 Å². The van der Waals surface area contributed by atoms with Crippen LogP contribution < -0.4 is 11.5 Å². The first-order valence-electron chi connectivity index (χ1n) is 7.78. The van der Waals surface area contributed by atoms with Crippen molar-refractivity contribution < 1.29 is 9.60 Å². The number of hydrogen-bond donors (Lipinski definition) is 2. The van der Waals surface area contributed by atoms with Gasteiger partial charge in [-0.1, -0.05) is 30.2 Å². The molecule has 0 aromatic heterocycles. The van der Waals surface area contributed by atoms with Gasteiger partial charge in [-0.05, 0) is 18.9 Å². The highest BCUT2D eigenvalue weighted by atomic mass is 15.1. The first-order valence-corrected chi connectivity index (χ1v) is 4.13. The maximum atomic E-state index is 7.94. The highest BCUT2D eigenvalue weighted by Crippen LogP contribution is 1.99. The summed E-state index contributed by atoms with van der Waals surface area (Å²) in [6.07, 6.45) is -1.51. The van der Waals surface area contributed by atoms with Crippen LogP contribution in [0.15, 0.2) is 40.2 Å². The van der Waals surface area contributed by atoms with E-state index < -0.39 is 43.1 Å². The fourth-order valence-electron chi connectivity index (χ4n) is 0.741. The van der Waals surface area contributed by atoms with Crippen LogP contribution in [0.4, 0.5) is 0 Å². The van der Waals surface area contributed by atoms with E-state index in [1.54, 1.807) is 0 Å². The summed E-state index contributed by atoms with van der Waals surface area (Å²) in [5, 5.41) is 0. The molecule has 4 nitrogen and oxygen atoms in total. The Morgan fingerprint density at radius 2 is 2.07 bits per heavy atom. The molecule has 80 valence electrons. The van der Waals surface area contributed by atoms with Crippen LogP contribution in [0.2, 0.25) is 0 Å². The molecule has 1 rings (SSSR count). The van der Waals surface area contributed by atoms with Gasteiger partial charge in [-0.15, -0.1) is 0 Å². The molecule has 1 aromatic rings. The van der Waals surface area contributed by atoms with Gasteiger partial charge in [0, 0.05) is 7.89 Å². The molecule has 0 aliphatic rings. The van der Waals surface area contributed by atoms with Gasteiger partial charge in [0.2, 0.25) is 5.96 Å². The summed E-state index contributed by atoms with van der Waals surface area (Å²) in [6.45, 7) is -0.0404. The molecule has 2 unspecified atom stereocenters. The Labute approximate surface area is 99.6 Å². The lowest BCUT2D eigenvalue weighted by Gasteiger charge is -1.97.